The molecule has 3 heterocycles. The Morgan fingerprint density at radius 1 is 0.296 bits per heavy atom. The highest BCUT2D eigenvalue weighted by molar-refractivity contribution is 6.20. The van der Waals surface area contributed by atoms with Crippen LogP contribution in [-0.2, 0) is 0 Å². The third-order valence-corrected chi connectivity index (χ3v) is 10.7. The summed E-state index contributed by atoms with van der Waals surface area (Å²) in [4.78, 5) is 10.4. The first kappa shape index (κ1) is 30.3. The summed E-state index contributed by atoms with van der Waals surface area (Å²) in [7, 11) is 0. The number of benzene rings is 8. The molecular formula is C50H32N4. The van der Waals surface area contributed by atoms with Crippen molar-refractivity contribution in [1.82, 2.24) is 19.1 Å². The average Bonchev–Trinajstić information content (AvgIpc) is 3.79. The van der Waals surface area contributed by atoms with Gasteiger partial charge in [-0.25, -0.2) is 9.97 Å². The maximum Gasteiger partial charge on any atom is 0.145 e. The van der Waals surface area contributed by atoms with Crippen LogP contribution < -0.4 is 0 Å². The van der Waals surface area contributed by atoms with Crippen LogP contribution in [-0.4, -0.2) is 19.1 Å². The lowest BCUT2D eigenvalue weighted by Crippen LogP contribution is -1.97. The number of hydrogen-bond donors (Lipinski definition) is 0. The molecule has 0 aliphatic heterocycles. The number of fused-ring (bicyclic) bond motifs is 7. The molecule has 11 aromatic rings. The van der Waals surface area contributed by atoms with Gasteiger partial charge < -0.3 is 4.57 Å². The van der Waals surface area contributed by atoms with Gasteiger partial charge in [-0.3, -0.25) is 4.57 Å². The van der Waals surface area contributed by atoms with Gasteiger partial charge in [0.15, 0.2) is 0 Å². The zero-order valence-electron chi connectivity index (χ0n) is 29.3. The lowest BCUT2D eigenvalue weighted by Gasteiger charge is -2.14. The Balaban J connectivity index is 1.07. The molecule has 11 rings (SSSR count). The largest absolute Gasteiger partial charge is 0.309 e. The van der Waals surface area contributed by atoms with Crippen LogP contribution in [0.3, 0.4) is 0 Å². The van der Waals surface area contributed by atoms with Gasteiger partial charge >= 0.3 is 0 Å². The zero-order valence-corrected chi connectivity index (χ0v) is 29.3. The predicted molar refractivity (Wildman–Crippen MR) is 225 cm³/mol. The monoisotopic (exact) mass is 688 g/mol. The van der Waals surface area contributed by atoms with E-state index in [1.54, 1.807) is 0 Å². The van der Waals surface area contributed by atoms with E-state index >= 15 is 0 Å². The van der Waals surface area contributed by atoms with Crippen LogP contribution in [0.4, 0.5) is 0 Å². The minimum atomic E-state index is 0.932. The Bertz CT molecular complexity index is 3190. The predicted octanol–water partition coefficient (Wildman–Crippen LogP) is 12.8. The minimum absolute atomic E-state index is 0.932. The van der Waals surface area contributed by atoms with E-state index < -0.39 is 0 Å². The van der Waals surface area contributed by atoms with Crippen molar-refractivity contribution in [3.05, 3.63) is 194 Å². The fourth-order valence-corrected chi connectivity index (χ4v) is 8.21. The maximum absolute atomic E-state index is 5.36. The second-order valence-electron chi connectivity index (χ2n) is 13.8. The summed E-state index contributed by atoms with van der Waals surface area (Å²) in [5.74, 6) is 0.932. The molecule has 0 atom stereocenters. The molecule has 4 heteroatoms. The second kappa shape index (κ2) is 12.1. The van der Waals surface area contributed by atoms with Gasteiger partial charge in [0.25, 0.3) is 0 Å². The van der Waals surface area contributed by atoms with E-state index in [4.69, 9.17) is 9.97 Å². The standard InChI is InChI=1S/C50H32N4/c1-3-14-34(15-4-1)50-52-45-23-10-12-25-47(45)54(50)38-28-26-33(27-29-38)35-16-13-17-36(30-35)49-43-31-42-40-21-8-11-24-46(40)53(37-18-5-2-6-19-37)48(42)32-41(43)39-20-7-9-22-44(39)51-49/h1-32H. The van der Waals surface area contributed by atoms with Crippen LogP contribution in [0.5, 0.6) is 0 Å². The topological polar surface area (TPSA) is 35.6 Å². The maximum atomic E-state index is 5.36. The Hall–Kier alpha value is -7.30. The number of aromatic nitrogens is 4. The fourth-order valence-electron chi connectivity index (χ4n) is 8.21. The molecule has 0 aliphatic rings. The van der Waals surface area contributed by atoms with E-state index in [0.717, 1.165) is 72.5 Å². The van der Waals surface area contributed by atoms with Gasteiger partial charge in [-0.2, -0.15) is 0 Å². The lowest BCUT2D eigenvalue weighted by molar-refractivity contribution is 1.10. The second-order valence-corrected chi connectivity index (χ2v) is 13.8. The van der Waals surface area contributed by atoms with Crippen molar-refractivity contribution in [3.8, 4) is 45.1 Å². The molecule has 4 nitrogen and oxygen atoms in total. The van der Waals surface area contributed by atoms with E-state index in [1.165, 1.54) is 27.2 Å². The summed E-state index contributed by atoms with van der Waals surface area (Å²) in [6.45, 7) is 0. The molecule has 0 radical (unpaired) electrons. The highest BCUT2D eigenvalue weighted by Gasteiger charge is 2.18. The summed E-state index contributed by atoms with van der Waals surface area (Å²) in [5.41, 5.74) is 13.1. The molecular weight excluding hydrogens is 657 g/mol. The van der Waals surface area contributed by atoms with Crippen molar-refractivity contribution in [2.75, 3.05) is 0 Å². The van der Waals surface area contributed by atoms with E-state index in [1.807, 2.05) is 12.1 Å². The third kappa shape index (κ3) is 4.78. The number of para-hydroxylation sites is 5. The van der Waals surface area contributed by atoms with Crippen molar-refractivity contribution < 1.29 is 0 Å². The molecule has 0 fully saturated rings. The van der Waals surface area contributed by atoms with Gasteiger partial charge in [0, 0.05) is 44.0 Å². The van der Waals surface area contributed by atoms with Crippen LogP contribution in [0.1, 0.15) is 0 Å². The summed E-state index contributed by atoms with van der Waals surface area (Å²) >= 11 is 0. The van der Waals surface area contributed by atoms with E-state index in [9.17, 15) is 0 Å². The van der Waals surface area contributed by atoms with E-state index in [-0.39, 0.29) is 0 Å². The summed E-state index contributed by atoms with van der Waals surface area (Å²) in [6.07, 6.45) is 0. The first-order valence-corrected chi connectivity index (χ1v) is 18.3. The highest BCUT2D eigenvalue weighted by atomic mass is 15.1. The lowest BCUT2D eigenvalue weighted by atomic mass is 9.96. The van der Waals surface area contributed by atoms with Crippen molar-refractivity contribution in [2.24, 2.45) is 0 Å². The fraction of sp³-hybridized carbons (Fsp3) is 0. The summed E-state index contributed by atoms with van der Waals surface area (Å²) in [6, 6.07) is 69.0. The van der Waals surface area contributed by atoms with Crippen LogP contribution in [0.25, 0.3) is 99.7 Å². The van der Waals surface area contributed by atoms with Crippen molar-refractivity contribution >= 4 is 54.5 Å². The SMILES string of the molecule is c1ccc(-c2nc3ccccc3n2-c2ccc(-c3cccc(-c4nc5ccccc5c5cc6c(cc45)c4ccccc4n6-c4ccccc4)c3)cc2)cc1. The van der Waals surface area contributed by atoms with Gasteiger partial charge in [0.2, 0.25) is 0 Å². The number of imidazole rings is 1. The summed E-state index contributed by atoms with van der Waals surface area (Å²) < 4.78 is 4.64. The molecule has 0 amide bonds. The normalized spacial score (nSPS) is 11.7. The van der Waals surface area contributed by atoms with Gasteiger partial charge in [0.05, 0.1) is 33.3 Å². The summed E-state index contributed by atoms with van der Waals surface area (Å²) in [5, 5.41) is 5.93. The van der Waals surface area contributed by atoms with Crippen molar-refractivity contribution in [2.45, 2.75) is 0 Å². The van der Waals surface area contributed by atoms with Crippen LogP contribution in [0.15, 0.2) is 194 Å². The number of pyridine rings is 1. The third-order valence-electron chi connectivity index (χ3n) is 10.7. The average molecular weight is 689 g/mol. The molecule has 0 saturated carbocycles. The zero-order chi connectivity index (χ0) is 35.6. The molecule has 0 N–H and O–H groups in total. The molecule has 0 unspecified atom stereocenters. The van der Waals surface area contributed by atoms with Gasteiger partial charge in [-0.05, 0) is 83.2 Å². The first-order valence-electron chi connectivity index (χ1n) is 18.3. The smallest absolute Gasteiger partial charge is 0.145 e. The molecule has 0 bridgehead atoms. The van der Waals surface area contributed by atoms with E-state index in [0.29, 0.717) is 0 Å². The molecule has 3 aromatic heterocycles. The molecule has 0 saturated heterocycles. The molecule has 54 heavy (non-hydrogen) atoms. The Kier molecular flexibility index (Phi) is 6.82. The highest BCUT2D eigenvalue weighted by Crippen LogP contribution is 2.40. The Morgan fingerprint density at radius 3 is 1.74 bits per heavy atom. The van der Waals surface area contributed by atoms with Crippen LogP contribution >= 0.6 is 0 Å². The van der Waals surface area contributed by atoms with Crippen molar-refractivity contribution in [1.29, 1.82) is 0 Å². The number of rotatable bonds is 5. The Labute approximate surface area is 311 Å². The molecule has 0 spiro atoms. The Morgan fingerprint density at radius 2 is 0.926 bits per heavy atom. The van der Waals surface area contributed by atoms with Gasteiger partial charge in [0.1, 0.15) is 5.82 Å². The van der Waals surface area contributed by atoms with Gasteiger partial charge in [-0.1, -0.05) is 127 Å². The van der Waals surface area contributed by atoms with Gasteiger partial charge in [-0.15, -0.1) is 0 Å². The van der Waals surface area contributed by atoms with Crippen molar-refractivity contribution in [3.63, 3.8) is 0 Å². The molecule has 8 aromatic carbocycles. The number of hydrogen-bond acceptors (Lipinski definition) is 2. The van der Waals surface area contributed by atoms with Crippen LogP contribution in [0.2, 0.25) is 0 Å². The molecule has 0 aliphatic carbocycles. The minimum Gasteiger partial charge on any atom is -0.309 e. The quantitative estimate of drug-likeness (QED) is 0.169. The first-order chi connectivity index (χ1) is 26.8. The number of nitrogens with zero attached hydrogens (tertiary/aromatic N) is 4. The van der Waals surface area contributed by atoms with Crippen LogP contribution in [0, 0.1) is 0 Å². The van der Waals surface area contributed by atoms with E-state index in [2.05, 4.69) is 191 Å². The molecule has 252 valence electrons.